The molecule has 2 aliphatic carbocycles. The lowest BCUT2D eigenvalue weighted by Gasteiger charge is -2.49. The lowest BCUT2D eigenvalue weighted by atomic mass is 9.63. The molecule has 0 saturated heterocycles. The highest BCUT2D eigenvalue weighted by Gasteiger charge is 2.49. The van der Waals surface area contributed by atoms with Gasteiger partial charge >= 0.3 is 0 Å². The first-order valence-electron chi connectivity index (χ1n) is 11.7. The third-order valence-corrected chi connectivity index (χ3v) is 7.75. The molecule has 1 aromatic carbocycles. The Morgan fingerprint density at radius 3 is 1.97 bits per heavy atom. The van der Waals surface area contributed by atoms with Crippen molar-refractivity contribution in [2.24, 2.45) is 10.8 Å². The summed E-state index contributed by atoms with van der Waals surface area (Å²) in [6.07, 6.45) is 2.35. The molecule has 0 saturated carbocycles. The maximum absolute atomic E-state index is 13.7. The van der Waals surface area contributed by atoms with Gasteiger partial charge < -0.3 is 19.5 Å². The summed E-state index contributed by atoms with van der Waals surface area (Å²) in [4.78, 5) is 29.6. The Bertz CT molecular complexity index is 1060. The molecule has 0 spiro atoms. The second-order valence-corrected chi connectivity index (χ2v) is 12.1. The van der Waals surface area contributed by atoms with Gasteiger partial charge in [-0.1, -0.05) is 27.7 Å². The van der Waals surface area contributed by atoms with Gasteiger partial charge in [-0.05, 0) is 57.3 Å². The number of nitrogens with zero attached hydrogens (tertiary/aromatic N) is 1. The van der Waals surface area contributed by atoms with E-state index in [1.54, 1.807) is 13.2 Å². The monoisotopic (exact) mass is 531 g/mol. The van der Waals surface area contributed by atoms with Gasteiger partial charge in [0, 0.05) is 55.0 Å². The first-order valence-corrected chi connectivity index (χ1v) is 12.5. The number of benzene rings is 1. The molecule has 34 heavy (non-hydrogen) atoms. The standard InChI is InChI=1S/C27H34BrNO5/c1-26(2)11-17-23(19(30)13-26)22(15-9-16(28)25(32)21(10-15)34-6)24-18(29(17)7-8-33-5)12-27(3,4)14-20(24)31/h9-10,22,32H,7-8,11-14H2,1-6H3. The second kappa shape index (κ2) is 8.83. The van der Waals surface area contributed by atoms with Crippen molar-refractivity contribution in [2.75, 3.05) is 27.4 Å². The largest absolute Gasteiger partial charge is 0.503 e. The Balaban J connectivity index is 2.01. The molecule has 0 unspecified atom stereocenters. The molecule has 1 N–H and O–H groups in total. The Labute approximate surface area is 210 Å². The number of Topliss-reactive ketones (excluding diaryl/α,β-unsaturated/α-hetero) is 2. The number of allylic oxidation sites excluding steroid dienone is 4. The number of phenols is 1. The van der Waals surface area contributed by atoms with Crippen LogP contribution >= 0.6 is 15.9 Å². The van der Waals surface area contributed by atoms with E-state index in [2.05, 4.69) is 48.5 Å². The Hall–Kier alpha value is -2.12. The molecule has 3 aliphatic rings. The number of aromatic hydroxyl groups is 1. The van der Waals surface area contributed by atoms with Crippen LogP contribution in [0, 0.1) is 10.8 Å². The van der Waals surface area contributed by atoms with E-state index >= 15 is 0 Å². The van der Waals surface area contributed by atoms with Gasteiger partial charge in [0.15, 0.2) is 23.1 Å². The van der Waals surface area contributed by atoms with Crippen molar-refractivity contribution in [3.63, 3.8) is 0 Å². The number of halogens is 1. The fourth-order valence-electron chi connectivity index (χ4n) is 5.75. The van der Waals surface area contributed by atoms with Crippen LogP contribution in [0.15, 0.2) is 39.1 Å². The number of methoxy groups -OCH3 is 2. The highest BCUT2D eigenvalue weighted by Crippen LogP contribution is 2.55. The van der Waals surface area contributed by atoms with Gasteiger partial charge in [-0.25, -0.2) is 0 Å². The molecule has 0 aromatic heterocycles. The van der Waals surface area contributed by atoms with Gasteiger partial charge in [-0.3, -0.25) is 9.59 Å². The van der Waals surface area contributed by atoms with Crippen LogP contribution in [0.5, 0.6) is 11.5 Å². The molecule has 184 valence electrons. The minimum atomic E-state index is -0.484. The summed E-state index contributed by atoms with van der Waals surface area (Å²) in [6.45, 7) is 9.59. The average molecular weight is 532 g/mol. The average Bonchev–Trinajstić information content (AvgIpc) is 2.72. The molecule has 0 bridgehead atoms. The summed E-state index contributed by atoms with van der Waals surface area (Å²) in [6, 6.07) is 3.56. The molecule has 4 rings (SSSR count). The number of rotatable bonds is 5. The van der Waals surface area contributed by atoms with Crippen LogP contribution in [0.1, 0.15) is 64.9 Å². The lowest BCUT2D eigenvalue weighted by Crippen LogP contribution is -2.45. The van der Waals surface area contributed by atoms with Crippen molar-refractivity contribution in [3.8, 4) is 11.5 Å². The van der Waals surface area contributed by atoms with Gasteiger partial charge in [0.2, 0.25) is 0 Å². The van der Waals surface area contributed by atoms with E-state index in [4.69, 9.17) is 9.47 Å². The van der Waals surface area contributed by atoms with Crippen molar-refractivity contribution in [1.29, 1.82) is 0 Å². The summed E-state index contributed by atoms with van der Waals surface area (Å²) in [5.41, 5.74) is 3.81. The van der Waals surface area contributed by atoms with E-state index in [0.717, 1.165) is 29.8 Å². The first-order chi connectivity index (χ1) is 15.9. The minimum absolute atomic E-state index is 0.000560. The molecule has 0 fully saturated rings. The smallest absolute Gasteiger partial charge is 0.172 e. The number of hydrogen-bond donors (Lipinski definition) is 1. The van der Waals surface area contributed by atoms with Crippen molar-refractivity contribution < 1.29 is 24.2 Å². The highest BCUT2D eigenvalue weighted by molar-refractivity contribution is 9.10. The van der Waals surface area contributed by atoms with Crippen LogP contribution in [0.25, 0.3) is 0 Å². The van der Waals surface area contributed by atoms with Crippen LogP contribution in [0.4, 0.5) is 0 Å². The zero-order valence-corrected chi connectivity index (χ0v) is 22.5. The highest BCUT2D eigenvalue weighted by atomic mass is 79.9. The maximum Gasteiger partial charge on any atom is 0.172 e. The van der Waals surface area contributed by atoms with Gasteiger partial charge in [0.25, 0.3) is 0 Å². The van der Waals surface area contributed by atoms with E-state index in [-0.39, 0.29) is 28.1 Å². The summed E-state index contributed by atoms with van der Waals surface area (Å²) in [5, 5.41) is 10.4. The van der Waals surface area contributed by atoms with E-state index in [0.29, 0.717) is 47.4 Å². The molecule has 7 heteroatoms. The normalized spacial score (nSPS) is 22.1. The SMILES string of the molecule is COCCN1C2=C(C(=O)CC(C)(C)C2)C(c2cc(Br)c(O)c(OC)c2)C2=C1CC(C)(C)CC2=O. The van der Waals surface area contributed by atoms with Crippen LogP contribution < -0.4 is 4.74 Å². The number of phenolic OH excluding ortho intramolecular Hbond substituents is 1. The summed E-state index contributed by atoms with van der Waals surface area (Å²) in [7, 11) is 3.17. The third kappa shape index (κ3) is 4.33. The third-order valence-electron chi connectivity index (χ3n) is 7.14. The maximum atomic E-state index is 13.7. The summed E-state index contributed by atoms with van der Waals surface area (Å²) in [5.74, 6) is -0.0270. The fraction of sp³-hybridized carbons (Fsp3) is 0.556. The van der Waals surface area contributed by atoms with E-state index in [1.807, 2.05) is 6.07 Å². The Kier molecular flexibility index (Phi) is 6.49. The molecule has 1 heterocycles. The summed E-state index contributed by atoms with van der Waals surface area (Å²) < 4.78 is 11.3. The van der Waals surface area contributed by atoms with Crippen molar-refractivity contribution in [3.05, 3.63) is 44.7 Å². The van der Waals surface area contributed by atoms with Gasteiger partial charge in [-0.15, -0.1) is 0 Å². The predicted octanol–water partition coefficient (Wildman–Crippen LogP) is 5.50. The summed E-state index contributed by atoms with van der Waals surface area (Å²) >= 11 is 3.43. The van der Waals surface area contributed by atoms with Crippen LogP contribution in [-0.2, 0) is 14.3 Å². The van der Waals surface area contributed by atoms with E-state index < -0.39 is 5.92 Å². The molecule has 0 amide bonds. The number of carbonyl (C=O) groups is 2. The Morgan fingerprint density at radius 2 is 1.50 bits per heavy atom. The second-order valence-electron chi connectivity index (χ2n) is 11.2. The van der Waals surface area contributed by atoms with Gasteiger partial charge in [0.1, 0.15) is 0 Å². The van der Waals surface area contributed by atoms with Crippen LogP contribution in [0.3, 0.4) is 0 Å². The molecule has 6 nitrogen and oxygen atoms in total. The molecule has 1 aromatic rings. The molecular weight excluding hydrogens is 498 g/mol. The first kappa shape index (κ1) is 25.0. The van der Waals surface area contributed by atoms with Crippen molar-refractivity contribution >= 4 is 27.5 Å². The van der Waals surface area contributed by atoms with Gasteiger partial charge in [-0.2, -0.15) is 0 Å². The van der Waals surface area contributed by atoms with Gasteiger partial charge in [0.05, 0.1) is 18.2 Å². The lowest BCUT2D eigenvalue weighted by molar-refractivity contribution is -0.119. The Morgan fingerprint density at radius 1 is 0.971 bits per heavy atom. The quantitative estimate of drug-likeness (QED) is 0.540. The predicted molar refractivity (Wildman–Crippen MR) is 134 cm³/mol. The van der Waals surface area contributed by atoms with Crippen molar-refractivity contribution in [1.82, 2.24) is 4.90 Å². The topological polar surface area (TPSA) is 76.1 Å². The zero-order chi connectivity index (χ0) is 25.0. The molecule has 0 atom stereocenters. The number of ether oxygens (including phenoxy) is 2. The molecule has 1 aliphatic heterocycles. The number of hydrogen-bond acceptors (Lipinski definition) is 6. The fourth-order valence-corrected chi connectivity index (χ4v) is 6.21. The van der Waals surface area contributed by atoms with E-state index in [9.17, 15) is 14.7 Å². The molecular formula is C27H34BrNO5. The van der Waals surface area contributed by atoms with Crippen molar-refractivity contribution in [2.45, 2.75) is 59.3 Å². The van der Waals surface area contributed by atoms with Crippen LogP contribution in [0.2, 0.25) is 0 Å². The minimum Gasteiger partial charge on any atom is -0.503 e. The zero-order valence-electron chi connectivity index (χ0n) is 20.9. The number of ketones is 2. The number of carbonyl (C=O) groups excluding carboxylic acids is 2. The molecule has 0 radical (unpaired) electrons. The van der Waals surface area contributed by atoms with Crippen LogP contribution in [-0.4, -0.2) is 48.9 Å². The van der Waals surface area contributed by atoms with E-state index in [1.165, 1.54) is 7.11 Å².